The van der Waals surface area contributed by atoms with Gasteiger partial charge in [-0.2, -0.15) is 13.2 Å². The van der Waals surface area contributed by atoms with Crippen molar-refractivity contribution in [1.82, 2.24) is 10.6 Å². The summed E-state index contributed by atoms with van der Waals surface area (Å²) in [5.74, 6) is -1.12. The summed E-state index contributed by atoms with van der Waals surface area (Å²) in [5.41, 5.74) is 5.14. The number of aryl methyl sites for hydroxylation is 1. The number of nitrogens with zero attached hydrogens (tertiary/aromatic N) is 1. The van der Waals surface area contributed by atoms with E-state index in [4.69, 9.17) is 22.1 Å². The predicted octanol–water partition coefficient (Wildman–Crippen LogP) is 4.19. The fourth-order valence-corrected chi connectivity index (χ4v) is 6.23. The first-order chi connectivity index (χ1) is 19.8. The molecule has 4 rings (SSSR count). The summed E-state index contributed by atoms with van der Waals surface area (Å²) in [6.07, 6.45) is -5.13. The number of amides is 2. The molecule has 14 heteroatoms. The lowest BCUT2D eigenvalue weighted by Gasteiger charge is -2.31. The summed E-state index contributed by atoms with van der Waals surface area (Å²) in [4.78, 5) is 26.0. The number of ether oxygens (including phenoxy) is 1. The van der Waals surface area contributed by atoms with E-state index in [1.807, 2.05) is 0 Å². The lowest BCUT2D eigenvalue weighted by molar-refractivity contribution is -0.137. The first kappa shape index (κ1) is 31.1. The Kier molecular flexibility index (Phi) is 9.34. The molecule has 1 aliphatic heterocycles. The molecule has 0 fully saturated rings. The SMILES string of the molecule is Cc1cccc(S(=O)(=O)N2CCOc3ccc(C(=O)N[C@@H](CC(=O)NCCN)c4cc(C(F)(F)F)ccc4Cl)cc32)c1. The van der Waals surface area contributed by atoms with Crippen LogP contribution in [0.15, 0.2) is 65.6 Å². The number of rotatable bonds is 9. The second kappa shape index (κ2) is 12.6. The highest BCUT2D eigenvalue weighted by Gasteiger charge is 2.34. The Hall–Kier alpha value is -3.81. The number of hydrogen-bond acceptors (Lipinski definition) is 6. The number of sulfonamides is 1. The van der Waals surface area contributed by atoms with E-state index in [-0.39, 0.29) is 58.7 Å². The monoisotopic (exact) mass is 624 g/mol. The van der Waals surface area contributed by atoms with Crippen LogP contribution in [0.4, 0.5) is 18.9 Å². The first-order valence-corrected chi connectivity index (χ1v) is 14.6. The van der Waals surface area contributed by atoms with Gasteiger partial charge in [-0.1, -0.05) is 23.7 Å². The van der Waals surface area contributed by atoms with Gasteiger partial charge in [-0.05, 0) is 66.6 Å². The van der Waals surface area contributed by atoms with Crippen molar-refractivity contribution in [1.29, 1.82) is 0 Å². The number of carbonyl (C=O) groups is 2. The Bertz CT molecular complexity index is 1600. The lowest BCUT2D eigenvalue weighted by atomic mass is 9.99. The quantitative estimate of drug-likeness (QED) is 0.327. The van der Waals surface area contributed by atoms with Crippen molar-refractivity contribution in [3.8, 4) is 5.75 Å². The van der Waals surface area contributed by atoms with Gasteiger partial charge in [0.2, 0.25) is 5.91 Å². The molecular weight excluding hydrogens is 597 g/mol. The summed E-state index contributed by atoms with van der Waals surface area (Å²) < 4.78 is 74.2. The molecule has 1 aliphatic rings. The molecule has 42 heavy (non-hydrogen) atoms. The molecule has 3 aromatic rings. The van der Waals surface area contributed by atoms with Crippen molar-refractivity contribution in [3.63, 3.8) is 0 Å². The maximum Gasteiger partial charge on any atom is 0.416 e. The van der Waals surface area contributed by atoms with Gasteiger partial charge in [-0.25, -0.2) is 8.42 Å². The Morgan fingerprint density at radius 2 is 1.88 bits per heavy atom. The molecule has 224 valence electrons. The zero-order valence-corrected chi connectivity index (χ0v) is 23.9. The number of nitrogens with one attached hydrogen (secondary N) is 2. The summed E-state index contributed by atoms with van der Waals surface area (Å²) >= 11 is 6.23. The van der Waals surface area contributed by atoms with Crippen molar-refractivity contribution < 1.29 is 35.9 Å². The zero-order chi connectivity index (χ0) is 30.7. The third-order valence-electron chi connectivity index (χ3n) is 6.48. The minimum absolute atomic E-state index is 0.0147. The van der Waals surface area contributed by atoms with Gasteiger partial charge in [0.1, 0.15) is 12.4 Å². The number of alkyl halides is 3. The van der Waals surface area contributed by atoms with E-state index in [1.165, 1.54) is 30.3 Å². The molecule has 3 aromatic carbocycles. The molecule has 0 aromatic heterocycles. The minimum atomic E-state index is -4.69. The predicted molar refractivity (Wildman–Crippen MR) is 151 cm³/mol. The van der Waals surface area contributed by atoms with Crippen LogP contribution < -0.4 is 25.4 Å². The van der Waals surface area contributed by atoms with Gasteiger partial charge in [0.15, 0.2) is 0 Å². The summed E-state index contributed by atoms with van der Waals surface area (Å²) in [5, 5.41) is 5.02. The van der Waals surface area contributed by atoms with E-state index < -0.39 is 46.0 Å². The standard InChI is InChI=1S/C28H28ClF3N4O5S/c1-17-3-2-4-20(13-17)42(39,40)36-11-12-41-25-8-5-18(14-24(25)36)27(38)35-23(16-26(37)34-10-9-33)21-15-19(28(30,31)32)6-7-22(21)29/h2-8,13-15,23H,9-12,16,33H2,1H3,(H,34,37)(H,35,38)/t23-/m0/s1. The highest BCUT2D eigenvalue weighted by Crippen LogP contribution is 2.37. The third kappa shape index (κ3) is 6.97. The maximum atomic E-state index is 13.5. The van der Waals surface area contributed by atoms with Gasteiger partial charge in [0.05, 0.1) is 35.2 Å². The molecule has 0 bridgehead atoms. The number of fused-ring (bicyclic) bond motifs is 1. The van der Waals surface area contributed by atoms with E-state index in [2.05, 4.69) is 10.6 Å². The van der Waals surface area contributed by atoms with Crippen LogP contribution in [-0.2, 0) is 21.0 Å². The van der Waals surface area contributed by atoms with E-state index in [1.54, 1.807) is 19.1 Å². The van der Waals surface area contributed by atoms with Crippen molar-refractivity contribution in [3.05, 3.63) is 87.9 Å². The van der Waals surface area contributed by atoms with Gasteiger partial charge in [0, 0.05) is 23.7 Å². The fraction of sp³-hybridized carbons (Fsp3) is 0.286. The molecule has 2 amide bonds. The highest BCUT2D eigenvalue weighted by atomic mass is 35.5. The first-order valence-electron chi connectivity index (χ1n) is 12.8. The second-order valence-electron chi connectivity index (χ2n) is 9.53. The largest absolute Gasteiger partial charge is 0.489 e. The van der Waals surface area contributed by atoms with E-state index in [0.29, 0.717) is 0 Å². The number of benzene rings is 3. The third-order valence-corrected chi connectivity index (χ3v) is 8.63. The van der Waals surface area contributed by atoms with Crippen molar-refractivity contribution >= 4 is 39.1 Å². The Morgan fingerprint density at radius 3 is 2.57 bits per heavy atom. The molecule has 9 nitrogen and oxygen atoms in total. The molecule has 4 N–H and O–H groups in total. The maximum absolute atomic E-state index is 13.5. The smallest absolute Gasteiger partial charge is 0.416 e. The van der Waals surface area contributed by atoms with Gasteiger partial charge in [0.25, 0.3) is 15.9 Å². The van der Waals surface area contributed by atoms with E-state index >= 15 is 0 Å². The van der Waals surface area contributed by atoms with Crippen LogP contribution >= 0.6 is 11.6 Å². The lowest BCUT2D eigenvalue weighted by Crippen LogP contribution is -2.38. The zero-order valence-electron chi connectivity index (χ0n) is 22.4. The number of anilines is 1. The molecular formula is C28H28ClF3N4O5S. The van der Waals surface area contributed by atoms with Crippen molar-refractivity contribution in [2.45, 2.75) is 30.5 Å². The Balaban J connectivity index is 1.68. The van der Waals surface area contributed by atoms with Crippen LogP contribution in [0.1, 0.15) is 39.5 Å². The Morgan fingerprint density at radius 1 is 1.12 bits per heavy atom. The summed E-state index contributed by atoms with van der Waals surface area (Å²) in [6.45, 7) is 2.08. The van der Waals surface area contributed by atoms with Crippen LogP contribution in [0.2, 0.25) is 5.02 Å². The fourth-order valence-electron chi connectivity index (χ4n) is 4.42. The highest BCUT2D eigenvalue weighted by molar-refractivity contribution is 7.92. The van der Waals surface area contributed by atoms with Gasteiger partial charge in [-0.3, -0.25) is 13.9 Å². The topological polar surface area (TPSA) is 131 Å². The average molecular weight is 625 g/mol. The summed E-state index contributed by atoms with van der Waals surface area (Å²) in [6, 6.07) is 11.9. The number of carbonyl (C=O) groups excluding carboxylic acids is 2. The van der Waals surface area contributed by atoms with E-state index in [9.17, 15) is 31.2 Å². The van der Waals surface area contributed by atoms with Crippen LogP contribution in [0.3, 0.4) is 0 Å². The molecule has 0 aliphatic carbocycles. The normalized spacial score (nSPS) is 14.0. The van der Waals surface area contributed by atoms with E-state index in [0.717, 1.165) is 28.1 Å². The molecule has 0 saturated carbocycles. The molecule has 0 unspecified atom stereocenters. The van der Waals surface area contributed by atoms with Crippen molar-refractivity contribution in [2.75, 3.05) is 30.5 Å². The van der Waals surface area contributed by atoms with Crippen molar-refractivity contribution in [2.24, 2.45) is 5.73 Å². The summed E-state index contributed by atoms with van der Waals surface area (Å²) in [7, 11) is -4.02. The van der Waals surface area contributed by atoms with Gasteiger partial charge >= 0.3 is 6.18 Å². The van der Waals surface area contributed by atoms with Crippen LogP contribution in [-0.4, -0.2) is 46.5 Å². The van der Waals surface area contributed by atoms with Crippen LogP contribution in [0.25, 0.3) is 0 Å². The van der Waals surface area contributed by atoms with Crippen LogP contribution in [0.5, 0.6) is 5.75 Å². The molecule has 1 heterocycles. The Labute approximate surface area is 245 Å². The average Bonchev–Trinajstić information content (AvgIpc) is 2.94. The second-order valence-corrected chi connectivity index (χ2v) is 11.8. The molecule has 0 saturated heterocycles. The molecule has 1 atom stereocenters. The molecule has 0 spiro atoms. The van der Waals surface area contributed by atoms with Crippen LogP contribution in [0, 0.1) is 6.92 Å². The van der Waals surface area contributed by atoms with Gasteiger partial charge < -0.3 is 21.1 Å². The van der Waals surface area contributed by atoms with Gasteiger partial charge in [-0.15, -0.1) is 0 Å². The minimum Gasteiger partial charge on any atom is -0.489 e. The number of hydrogen-bond donors (Lipinski definition) is 3. The number of halogens is 4. The number of nitrogens with two attached hydrogens (primary N) is 1. The molecule has 0 radical (unpaired) electrons.